The fourth-order valence-corrected chi connectivity index (χ4v) is 4.86. The van der Waals surface area contributed by atoms with Crippen molar-refractivity contribution in [3.63, 3.8) is 0 Å². The average molecular weight is 458 g/mol. The summed E-state index contributed by atoms with van der Waals surface area (Å²) < 4.78 is 2.04. The number of nitrogens with zero attached hydrogens (tertiary/aromatic N) is 2. The molecule has 1 fully saturated rings. The van der Waals surface area contributed by atoms with Crippen molar-refractivity contribution >= 4 is 40.0 Å². The highest BCUT2D eigenvalue weighted by Crippen LogP contribution is 2.26. The molecule has 4 nitrogen and oxygen atoms in total. The number of hydrogen-bond donors (Lipinski definition) is 1. The number of piperidine rings is 1. The van der Waals surface area contributed by atoms with Gasteiger partial charge in [0.2, 0.25) is 0 Å². The number of nitrogens with one attached hydrogen (secondary N) is 1. The SMILES string of the molecule is CC(C)N1CCC(CNC(=O)c2cc3ccccc3n2Cc2ccc(Cl)cc2Cl)CC1. The third-order valence-corrected chi connectivity index (χ3v) is 6.90. The van der Waals surface area contributed by atoms with Crippen molar-refractivity contribution in [2.75, 3.05) is 19.6 Å². The lowest BCUT2D eigenvalue weighted by molar-refractivity contribution is 0.0921. The summed E-state index contributed by atoms with van der Waals surface area (Å²) in [5.74, 6) is 0.495. The number of rotatable bonds is 6. The summed E-state index contributed by atoms with van der Waals surface area (Å²) in [6, 6.07) is 16.1. The van der Waals surface area contributed by atoms with Crippen molar-refractivity contribution in [3.8, 4) is 0 Å². The Morgan fingerprint density at radius 3 is 2.55 bits per heavy atom. The minimum absolute atomic E-state index is 0.0347. The first-order valence-corrected chi connectivity index (χ1v) is 11.7. The molecule has 1 aliphatic heterocycles. The number of hydrogen-bond acceptors (Lipinski definition) is 2. The van der Waals surface area contributed by atoms with E-state index in [1.165, 1.54) is 0 Å². The van der Waals surface area contributed by atoms with Crippen LogP contribution in [-0.4, -0.2) is 41.1 Å². The quantitative estimate of drug-likeness (QED) is 0.504. The Hall–Kier alpha value is -2.01. The van der Waals surface area contributed by atoms with E-state index >= 15 is 0 Å². The van der Waals surface area contributed by atoms with Gasteiger partial charge in [0.15, 0.2) is 0 Å². The van der Waals surface area contributed by atoms with E-state index in [0.29, 0.717) is 40.8 Å². The maximum atomic E-state index is 13.2. The van der Waals surface area contributed by atoms with E-state index in [1.54, 1.807) is 6.07 Å². The lowest BCUT2D eigenvalue weighted by Crippen LogP contribution is -2.41. The van der Waals surface area contributed by atoms with Crippen molar-refractivity contribution in [2.24, 2.45) is 5.92 Å². The number of fused-ring (bicyclic) bond motifs is 1. The molecule has 0 atom stereocenters. The maximum absolute atomic E-state index is 13.2. The molecule has 0 aliphatic carbocycles. The van der Waals surface area contributed by atoms with Crippen LogP contribution in [0.15, 0.2) is 48.5 Å². The van der Waals surface area contributed by atoms with Crippen LogP contribution in [0.1, 0.15) is 42.7 Å². The second kappa shape index (κ2) is 9.64. The fraction of sp³-hybridized carbons (Fsp3) is 0.400. The lowest BCUT2D eigenvalue weighted by Gasteiger charge is -2.34. The van der Waals surface area contributed by atoms with Gasteiger partial charge in [-0.3, -0.25) is 4.79 Å². The number of carbonyl (C=O) groups excluding carboxylic acids is 1. The number of para-hydroxylation sites is 1. The zero-order chi connectivity index (χ0) is 22.0. The van der Waals surface area contributed by atoms with Gasteiger partial charge in [-0.2, -0.15) is 0 Å². The Morgan fingerprint density at radius 2 is 1.84 bits per heavy atom. The van der Waals surface area contributed by atoms with Gasteiger partial charge in [-0.15, -0.1) is 0 Å². The van der Waals surface area contributed by atoms with Gasteiger partial charge in [0.1, 0.15) is 5.69 Å². The van der Waals surface area contributed by atoms with E-state index in [1.807, 2.05) is 47.0 Å². The van der Waals surface area contributed by atoms with Gasteiger partial charge in [0.25, 0.3) is 5.91 Å². The van der Waals surface area contributed by atoms with E-state index in [-0.39, 0.29) is 5.91 Å². The van der Waals surface area contributed by atoms with E-state index in [4.69, 9.17) is 23.2 Å². The summed E-state index contributed by atoms with van der Waals surface area (Å²) in [6.07, 6.45) is 2.25. The molecule has 1 N–H and O–H groups in total. The fourth-order valence-electron chi connectivity index (χ4n) is 4.39. The van der Waals surface area contributed by atoms with Crippen LogP contribution in [0, 0.1) is 5.92 Å². The van der Waals surface area contributed by atoms with E-state index in [2.05, 4.69) is 24.1 Å². The van der Waals surface area contributed by atoms with Crippen LogP contribution in [0.5, 0.6) is 0 Å². The van der Waals surface area contributed by atoms with Crippen molar-refractivity contribution in [1.29, 1.82) is 0 Å². The second-order valence-electron chi connectivity index (χ2n) is 8.69. The molecule has 0 saturated carbocycles. The molecular weight excluding hydrogens is 429 g/mol. The third-order valence-electron chi connectivity index (χ3n) is 6.32. The van der Waals surface area contributed by atoms with Crippen LogP contribution in [-0.2, 0) is 6.54 Å². The van der Waals surface area contributed by atoms with Crippen LogP contribution in [0.3, 0.4) is 0 Å². The molecule has 0 bridgehead atoms. The molecule has 6 heteroatoms. The summed E-state index contributed by atoms with van der Waals surface area (Å²) in [6.45, 7) is 7.93. The van der Waals surface area contributed by atoms with Crippen molar-refractivity contribution in [2.45, 2.75) is 39.3 Å². The standard InChI is InChI=1S/C25H29Cl2N3O/c1-17(2)29-11-9-18(10-12-29)15-28-25(31)24-13-19-5-3-4-6-23(19)30(24)16-20-7-8-21(26)14-22(20)27/h3-8,13-14,17-18H,9-12,15-16H2,1-2H3,(H,28,31). The smallest absolute Gasteiger partial charge is 0.267 e. The van der Waals surface area contributed by atoms with Gasteiger partial charge in [-0.05, 0) is 75.5 Å². The highest BCUT2D eigenvalue weighted by molar-refractivity contribution is 6.35. The van der Waals surface area contributed by atoms with Gasteiger partial charge < -0.3 is 14.8 Å². The second-order valence-corrected chi connectivity index (χ2v) is 9.54. The molecule has 1 aromatic heterocycles. The molecule has 164 valence electrons. The Balaban J connectivity index is 1.52. The molecule has 31 heavy (non-hydrogen) atoms. The number of carbonyl (C=O) groups is 1. The largest absolute Gasteiger partial charge is 0.350 e. The average Bonchev–Trinajstić information content (AvgIpc) is 3.13. The van der Waals surface area contributed by atoms with Gasteiger partial charge >= 0.3 is 0 Å². The summed E-state index contributed by atoms with van der Waals surface area (Å²) in [5.41, 5.74) is 2.61. The predicted molar refractivity (Wildman–Crippen MR) is 129 cm³/mol. The lowest BCUT2D eigenvalue weighted by atomic mass is 9.96. The first-order valence-electron chi connectivity index (χ1n) is 11.0. The van der Waals surface area contributed by atoms with Crippen molar-refractivity contribution in [1.82, 2.24) is 14.8 Å². The van der Waals surface area contributed by atoms with Crippen LogP contribution >= 0.6 is 23.2 Å². The number of aromatic nitrogens is 1. The number of halogens is 2. The molecular formula is C25H29Cl2N3O. The summed E-state index contributed by atoms with van der Waals surface area (Å²) in [7, 11) is 0. The van der Waals surface area contributed by atoms with Crippen LogP contribution in [0.25, 0.3) is 10.9 Å². The summed E-state index contributed by atoms with van der Waals surface area (Å²) in [4.78, 5) is 15.7. The topological polar surface area (TPSA) is 37.3 Å². The molecule has 0 spiro atoms. The zero-order valence-corrected chi connectivity index (χ0v) is 19.6. The Labute approximate surface area is 194 Å². The number of benzene rings is 2. The molecule has 3 aromatic rings. The Morgan fingerprint density at radius 1 is 1.10 bits per heavy atom. The van der Waals surface area contributed by atoms with Crippen LogP contribution < -0.4 is 5.32 Å². The molecule has 2 heterocycles. The number of amides is 1. The minimum Gasteiger partial charge on any atom is -0.350 e. The molecule has 0 radical (unpaired) electrons. The zero-order valence-electron chi connectivity index (χ0n) is 18.1. The van der Waals surface area contributed by atoms with Gasteiger partial charge in [-0.25, -0.2) is 0 Å². The van der Waals surface area contributed by atoms with Crippen molar-refractivity contribution in [3.05, 3.63) is 69.8 Å². The van der Waals surface area contributed by atoms with Gasteiger partial charge in [0.05, 0.1) is 0 Å². The summed E-state index contributed by atoms with van der Waals surface area (Å²) >= 11 is 12.5. The van der Waals surface area contributed by atoms with Gasteiger partial charge in [0, 0.05) is 40.1 Å². The van der Waals surface area contributed by atoms with E-state index in [9.17, 15) is 4.79 Å². The number of likely N-dealkylation sites (tertiary alicyclic amines) is 1. The molecule has 0 unspecified atom stereocenters. The highest BCUT2D eigenvalue weighted by atomic mass is 35.5. The third kappa shape index (κ3) is 5.08. The predicted octanol–water partition coefficient (Wildman–Crippen LogP) is 5.85. The Bertz CT molecular complexity index is 1070. The highest BCUT2D eigenvalue weighted by Gasteiger charge is 2.22. The molecule has 1 aliphatic rings. The molecule has 4 rings (SSSR count). The first kappa shape index (κ1) is 22.2. The monoisotopic (exact) mass is 457 g/mol. The van der Waals surface area contributed by atoms with E-state index < -0.39 is 0 Å². The van der Waals surface area contributed by atoms with Gasteiger partial charge in [-0.1, -0.05) is 47.5 Å². The molecule has 2 aromatic carbocycles. The maximum Gasteiger partial charge on any atom is 0.267 e. The van der Waals surface area contributed by atoms with Crippen molar-refractivity contribution < 1.29 is 4.79 Å². The first-order chi connectivity index (χ1) is 14.9. The molecule has 1 amide bonds. The minimum atomic E-state index is -0.0347. The van der Waals surface area contributed by atoms with Crippen LogP contribution in [0.4, 0.5) is 0 Å². The summed E-state index contributed by atoms with van der Waals surface area (Å²) in [5, 5.41) is 5.45. The van der Waals surface area contributed by atoms with E-state index in [0.717, 1.165) is 42.4 Å². The Kier molecular flexibility index (Phi) is 6.90. The molecule has 1 saturated heterocycles. The van der Waals surface area contributed by atoms with Crippen LogP contribution in [0.2, 0.25) is 10.0 Å². The normalized spacial score (nSPS) is 15.6.